The summed E-state index contributed by atoms with van der Waals surface area (Å²) in [5, 5.41) is 3.39. The third-order valence-electron chi connectivity index (χ3n) is 4.08. The summed E-state index contributed by atoms with van der Waals surface area (Å²) < 4.78 is 23.4. The van der Waals surface area contributed by atoms with E-state index in [4.69, 9.17) is 5.73 Å². The second-order valence-electron chi connectivity index (χ2n) is 5.59. The van der Waals surface area contributed by atoms with E-state index in [9.17, 15) is 8.42 Å². The zero-order valence-corrected chi connectivity index (χ0v) is 12.8. The number of nitrogens with one attached hydrogen (secondary N) is 1. The monoisotopic (exact) mass is 296 g/mol. The molecule has 1 aliphatic rings. The van der Waals surface area contributed by atoms with Crippen LogP contribution in [0.3, 0.4) is 0 Å². The zero-order valence-electron chi connectivity index (χ0n) is 12.0. The first-order valence-electron chi connectivity index (χ1n) is 7.33. The van der Waals surface area contributed by atoms with Crippen LogP contribution in [0.1, 0.15) is 32.6 Å². The fraction of sp³-hybridized carbons (Fsp3) is 0.600. The molecule has 0 aliphatic heterocycles. The number of rotatable bonds is 5. The minimum atomic E-state index is -3.10. The van der Waals surface area contributed by atoms with Crippen molar-refractivity contribution in [3.8, 4) is 0 Å². The van der Waals surface area contributed by atoms with E-state index >= 15 is 0 Å². The molecular formula is C15H24N2O2S. The second kappa shape index (κ2) is 6.59. The van der Waals surface area contributed by atoms with Crippen molar-refractivity contribution < 1.29 is 8.42 Å². The largest absolute Gasteiger partial charge is 0.385 e. The van der Waals surface area contributed by atoms with Gasteiger partial charge in [0.05, 0.1) is 10.6 Å². The molecular weight excluding hydrogens is 272 g/mol. The molecule has 0 spiro atoms. The first-order valence-corrected chi connectivity index (χ1v) is 8.99. The van der Waals surface area contributed by atoms with Gasteiger partial charge in [0.15, 0.2) is 9.84 Å². The van der Waals surface area contributed by atoms with Crippen LogP contribution in [0.15, 0.2) is 29.2 Å². The molecule has 0 aromatic heterocycles. The third-order valence-corrected chi connectivity index (χ3v) is 5.83. The molecule has 0 bridgehead atoms. The molecule has 0 heterocycles. The van der Waals surface area contributed by atoms with Gasteiger partial charge < -0.3 is 11.1 Å². The minimum absolute atomic E-state index is 0.141. The predicted octanol–water partition coefficient (Wildman–Crippen LogP) is 2.41. The van der Waals surface area contributed by atoms with E-state index in [1.165, 1.54) is 12.8 Å². The van der Waals surface area contributed by atoms with Gasteiger partial charge in [-0.1, -0.05) is 6.92 Å². The van der Waals surface area contributed by atoms with Gasteiger partial charge in [0, 0.05) is 18.3 Å². The van der Waals surface area contributed by atoms with Crippen molar-refractivity contribution in [2.45, 2.75) is 43.5 Å². The fourth-order valence-corrected chi connectivity index (χ4v) is 3.49. The lowest BCUT2D eigenvalue weighted by Crippen LogP contribution is -2.29. The summed E-state index contributed by atoms with van der Waals surface area (Å²) in [7, 11) is -3.10. The smallest absolute Gasteiger partial charge is 0.178 e. The highest BCUT2D eigenvalue weighted by Crippen LogP contribution is 2.24. The number of hydrogen-bond acceptors (Lipinski definition) is 4. The summed E-state index contributed by atoms with van der Waals surface area (Å²) in [4.78, 5) is 0.397. The molecule has 1 fully saturated rings. The van der Waals surface area contributed by atoms with E-state index in [-0.39, 0.29) is 5.75 Å². The molecule has 3 N–H and O–H groups in total. The van der Waals surface area contributed by atoms with Gasteiger partial charge in [-0.2, -0.15) is 0 Å². The minimum Gasteiger partial charge on any atom is -0.385 e. The van der Waals surface area contributed by atoms with Crippen LogP contribution in [0, 0.1) is 5.92 Å². The number of hydrogen-bond donors (Lipinski definition) is 2. The molecule has 1 aromatic carbocycles. The maximum absolute atomic E-state index is 11.7. The number of anilines is 1. The van der Waals surface area contributed by atoms with Crippen LogP contribution in [0.25, 0.3) is 0 Å². The summed E-state index contributed by atoms with van der Waals surface area (Å²) in [5.74, 6) is 0.816. The highest BCUT2D eigenvalue weighted by atomic mass is 32.2. The normalized spacial score (nSPS) is 23.5. The average Bonchev–Trinajstić information content (AvgIpc) is 2.47. The van der Waals surface area contributed by atoms with Crippen molar-refractivity contribution in [3.05, 3.63) is 24.3 Å². The Kier molecular flexibility index (Phi) is 5.05. The molecule has 4 nitrogen and oxygen atoms in total. The quantitative estimate of drug-likeness (QED) is 0.875. The van der Waals surface area contributed by atoms with E-state index in [0.717, 1.165) is 25.1 Å². The van der Waals surface area contributed by atoms with Crippen molar-refractivity contribution in [1.29, 1.82) is 0 Å². The predicted molar refractivity (Wildman–Crippen MR) is 82.6 cm³/mol. The molecule has 0 saturated heterocycles. The Balaban J connectivity index is 1.88. The van der Waals surface area contributed by atoms with E-state index in [2.05, 4.69) is 5.32 Å². The third kappa shape index (κ3) is 3.96. The number of benzene rings is 1. The van der Waals surface area contributed by atoms with Crippen LogP contribution in [-0.2, 0) is 9.84 Å². The lowest BCUT2D eigenvalue weighted by Gasteiger charge is -2.26. The van der Waals surface area contributed by atoms with Crippen LogP contribution in [0.2, 0.25) is 0 Å². The summed E-state index contributed by atoms with van der Waals surface area (Å²) in [5.41, 5.74) is 6.88. The fourth-order valence-electron chi connectivity index (χ4n) is 2.60. The molecule has 5 heteroatoms. The summed E-state index contributed by atoms with van der Waals surface area (Å²) >= 11 is 0. The molecule has 0 atom stereocenters. The Hall–Kier alpha value is -1.07. The molecule has 0 amide bonds. The summed E-state index contributed by atoms with van der Waals surface area (Å²) in [6, 6.07) is 7.43. The molecule has 0 radical (unpaired) electrons. The van der Waals surface area contributed by atoms with Crippen LogP contribution >= 0.6 is 0 Å². The summed E-state index contributed by atoms with van der Waals surface area (Å²) in [6.07, 6.45) is 4.58. The van der Waals surface area contributed by atoms with Gasteiger partial charge in [0.25, 0.3) is 0 Å². The maximum atomic E-state index is 11.7. The topological polar surface area (TPSA) is 72.2 Å². The van der Waals surface area contributed by atoms with Gasteiger partial charge in [-0.25, -0.2) is 8.42 Å². The Labute approximate surface area is 121 Å². The molecule has 112 valence electrons. The van der Waals surface area contributed by atoms with Gasteiger partial charge in [-0.05, 0) is 55.9 Å². The Bertz CT molecular complexity index is 517. The van der Waals surface area contributed by atoms with Crippen molar-refractivity contribution >= 4 is 15.5 Å². The van der Waals surface area contributed by atoms with E-state index < -0.39 is 9.84 Å². The molecule has 1 aliphatic carbocycles. The average molecular weight is 296 g/mol. The maximum Gasteiger partial charge on any atom is 0.178 e. The van der Waals surface area contributed by atoms with E-state index in [1.54, 1.807) is 19.1 Å². The van der Waals surface area contributed by atoms with Crippen LogP contribution < -0.4 is 11.1 Å². The zero-order chi connectivity index (χ0) is 14.6. The standard InChI is InChI=1S/C15H24N2O2S/c1-2-20(18,19)15-9-7-14(8-10-15)17-11-12-3-5-13(16)6-4-12/h7-10,12-13,17H,2-6,11,16H2,1H3. The molecule has 20 heavy (non-hydrogen) atoms. The Morgan fingerprint density at radius 3 is 2.30 bits per heavy atom. The van der Waals surface area contributed by atoms with Gasteiger partial charge in [-0.15, -0.1) is 0 Å². The molecule has 2 rings (SSSR count). The van der Waals surface area contributed by atoms with Gasteiger partial charge >= 0.3 is 0 Å². The first kappa shape index (κ1) is 15.3. The van der Waals surface area contributed by atoms with E-state index in [0.29, 0.717) is 16.9 Å². The van der Waals surface area contributed by atoms with Crippen molar-refractivity contribution in [2.75, 3.05) is 17.6 Å². The van der Waals surface area contributed by atoms with Gasteiger partial charge in [0.1, 0.15) is 0 Å². The second-order valence-corrected chi connectivity index (χ2v) is 7.87. The van der Waals surface area contributed by atoms with Crippen LogP contribution in [0.5, 0.6) is 0 Å². The molecule has 0 unspecified atom stereocenters. The highest BCUT2D eigenvalue weighted by Gasteiger charge is 2.18. The Morgan fingerprint density at radius 2 is 1.75 bits per heavy atom. The lowest BCUT2D eigenvalue weighted by atomic mass is 9.86. The SMILES string of the molecule is CCS(=O)(=O)c1ccc(NCC2CCC(N)CC2)cc1. The molecule has 1 saturated carbocycles. The van der Waals surface area contributed by atoms with E-state index in [1.807, 2.05) is 12.1 Å². The molecule has 1 aromatic rings. The first-order chi connectivity index (χ1) is 9.51. The van der Waals surface area contributed by atoms with Crippen LogP contribution in [0.4, 0.5) is 5.69 Å². The lowest BCUT2D eigenvalue weighted by molar-refractivity contribution is 0.339. The van der Waals surface area contributed by atoms with Gasteiger partial charge in [0.2, 0.25) is 0 Å². The van der Waals surface area contributed by atoms with Crippen molar-refractivity contribution in [1.82, 2.24) is 0 Å². The highest BCUT2D eigenvalue weighted by molar-refractivity contribution is 7.91. The number of nitrogens with two attached hydrogens (primary N) is 1. The van der Waals surface area contributed by atoms with Crippen LogP contribution in [-0.4, -0.2) is 26.8 Å². The Morgan fingerprint density at radius 1 is 1.15 bits per heavy atom. The van der Waals surface area contributed by atoms with Crippen molar-refractivity contribution in [2.24, 2.45) is 11.7 Å². The van der Waals surface area contributed by atoms with Gasteiger partial charge in [-0.3, -0.25) is 0 Å². The number of sulfone groups is 1. The summed E-state index contributed by atoms with van der Waals surface area (Å²) in [6.45, 7) is 2.60. The van der Waals surface area contributed by atoms with Crippen molar-refractivity contribution in [3.63, 3.8) is 0 Å².